The van der Waals surface area contributed by atoms with Crippen molar-refractivity contribution in [3.05, 3.63) is 18.3 Å². The van der Waals surface area contributed by atoms with Gasteiger partial charge in [0.15, 0.2) is 0 Å². The summed E-state index contributed by atoms with van der Waals surface area (Å²) in [7, 11) is 0. The van der Waals surface area contributed by atoms with E-state index in [9.17, 15) is 4.79 Å². The van der Waals surface area contributed by atoms with Crippen LogP contribution >= 0.6 is 0 Å². The molecular formula is C16H26N2O3. The second kappa shape index (κ2) is 8.62. The molecule has 118 valence electrons. The summed E-state index contributed by atoms with van der Waals surface area (Å²) in [5.41, 5.74) is -0.158. The van der Waals surface area contributed by atoms with E-state index in [1.54, 1.807) is 18.3 Å². The van der Waals surface area contributed by atoms with Crippen LogP contribution in [0, 0.1) is 0 Å². The van der Waals surface area contributed by atoms with E-state index in [2.05, 4.69) is 10.3 Å². The minimum absolute atomic E-state index is 0.135. The van der Waals surface area contributed by atoms with Crippen LogP contribution in [0.25, 0.3) is 0 Å². The Balaban J connectivity index is 2.71. The fourth-order valence-corrected chi connectivity index (χ4v) is 2.01. The van der Waals surface area contributed by atoms with Gasteiger partial charge in [-0.15, -0.1) is 0 Å². The Bertz CT molecular complexity index is 434. The van der Waals surface area contributed by atoms with Crippen molar-refractivity contribution in [3.8, 4) is 5.88 Å². The Hall–Kier alpha value is -1.62. The highest BCUT2D eigenvalue weighted by molar-refractivity contribution is 5.96. The summed E-state index contributed by atoms with van der Waals surface area (Å²) in [4.78, 5) is 16.6. The average molecular weight is 294 g/mol. The number of amides is 1. The number of hydrogen-bond donors (Lipinski definition) is 1. The van der Waals surface area contributed by atoms with Crippen molar-refractivity contribution in [3.63, 3.8) is 0 Å². The number of aromatic nitrogens is 1. The van der Waals surface area contributed by atoms with E-state index >= 15 is 0 Å². The standard InChI is InChI=1S/C16H26N2O3/c1-5-10-16(4,21-11-6-2)15(19)18-13-8-9-14(17-12-13)20-7-3/h8-9,12H,5-7,10-11H2,1-4H3,(H,18,19). The molecule has 1 rings (SSSR count). The Labute approximate surface area is 127 Å². The largest absolute Gasteiger partial charge is 0.478 e. The van der Waals surface area contributed by atoms with Crippen LogP contribution in [0.1, 0.15) is 47.0 Å². The zero-order chi connectivity index (χ0) is 15.7. The number of pyridine rings is 1. The summed E-state index contributed by atoms with van der Waals surface area (Å²) in [6, 6.07) is 3.52. The number of carbonyl (C=O) groups is 1. The number of anilines is 1. The molecule has 0 aliphatic heterocycles. The van der Waals surface area contributed by atoms with E-state index in [1.165, 1.54) is 0 Å². The number of nitrogens with one attached hydrogen (secondary N) is 1. The van der Waals surface area contributed by atoms with Crippen LogP contribution in [0.15, 0.2) is 18.3 Å². The van der Waals surface area contributed by atoms with Crippen molar-refractivity contribution in [1.29, 1.82) is 0 Å². The maximum absolute atomic E-state index is 12.4. The van der Waals surface area contributed by atoms with Gasteiger partial charge in [-0.2, -0.15) is 0 Å². The first-order valence-electron chi connectivity index (χ1n) is 7.60. The summed E-state index contributed by atoms with van der Waals surface area (Å²) in [6.45, 7) is 8.95. The Morgan fingerprint density at radius 1 is 1.29 bits per heavy atom. The average Bonchev–Trinajstić information content (AvgIpc) is 2.47. The molecule has 5 heteroatoms. The molecule has 1 amide bonds. The summed E-state index contributed by atoms with van der Waals surface area (Å²) in [5, 5.41) is 2.86. The third-order valence-corrected chi connectivity index (χ3v) is 3.12. The van der Waals surface area contributed by atoms with E-state index < -0.39 is 5.60 Å². The molecule has 0 spiro atoms. The van der Waals surface area contributed by atoms with E-state index in [-0.39, 0.29) is 5.91 Å². The summed E-state index contributed by atoms with van der Waals surface area (Å²) in [5.74, 6) is 0.415. The minimum atomic E-state index is -0.802. The predicted octanol–water partition coefficient (Wildman–Crippen LogP) is 3.40. The zero-order valence-electron chi connectivity index (χ0n) is 13.4. The third kappa shape index (κ3) is 5.34. The zero-order valence-corrected chi connectivity index (χ0v) is 13.4. The first kappa shape index (κ1) is 17.4. The van der Waals surface area contributed by atoms with Crippen LogP contribution in [-0.4, -0.2) is 29.7 Å². The quantitative estimate of drug-likeness (QED) is 0.758. The van der Waals surface area contributed by atoms with Crippen molar-refractivity contribution < 1.29 is 14.3 Å². The topological polar surface area (TPSA) is 60.5 Å². The number of carbonyl (C=O) groups excluding carboxylic acids is 1. The van der Waals surface area contributed by atoms with Crippen molar-refractivity contribution in [2.45, 2.75) is 52.6 Å². The molecule has 0 saturated heterocycles. The minimum Gasteiger partial charge on any atom is -0.478 e. The third-order valence-electron chi connectivity index (χ3n) is 3.12. The van der Waals surface area contributed by atoms with Gasteiger partial charge in [0.1, 0.15) is 5.60 Å². The fourth-order valence-electron chi connectivity index (χ4n) is 2.01. The van der Waals surface area contributed by atoms with Crippen molar-refractivity contribution in [2.24, 2.45) is 0 Å². The molecule has 21 heavy (non-hydrogen) atoms. The maximum atomic E-state index is 12.4. The molecule has 0 saturated carbocycles. The van der Waals surface area contributed by atoms with E-state index in [0.717, 1.165) is 12.8 Å². The van der Waals surface area contributed by atoms with Crippen molar-refractivity contribution in [2.75, 3.05) is 18.5 Å². The second-order valence-corrected chi connectivity index (χ2v) is 5.10. The SMILES string of the molecule is CCCOC(C)(CCC)C(=O)Nc1ccc(OCC)nc1. The van der Waals surface area contributed by atoms with Gasteiger partial charge in [0.2, 0.25) is 5.88 Å². The molecule has 1 heterocycles. The Morgan fingerprint density at radius 2 is 2.05 bits per heavy atom. The lowest BCUT2D eigenvalue weighted by Gasteiger charge is -2.28. The molecule has 5 nitrogen and oxygen atoms in total. The molecule has 0 aliphatic rings. The lowest BCUT2D eigenvalue weighted by atomic mass is 9.99. The summed E-state index contributed by atoms with van der Waals surface area (Å²) >= 11 is 0. The van der Waals surface area contributed by atoms with Crippen LogP contribution in [0.5, 0.6) is 5.88 Å². The van der Waals surface area contributed by atoms with Crippen LogP contribution in [0.2, 0.25) is 0 Å². The van der Waals surface area contributed by atoms with E-state index in [1.807, 2.05) is 27.7 Å². The molecule has 0 bridgehead atoms. The van der Waals surface area contributed by atoms with Crippen LogP contribution in [-0.2, 0) is 9.53 Å². The lowest BCUT2D eigenvalue weighted by Crippen LogP contribution is -2.43. The molecule has 1 N–H and O–H groups in total. The predicted molar refractivity (Wildman–Crippen MR) is 83.6 cm³/mol. The van der Waals surface area contributed by atoms with Crippen molar-refractivity contribution in [1.82, 2.24) is 4.98 Å². The molecular weight excluding hydrogens is 268 g/mol. The van der Waals surface area contributed by atoms with Gasteiger partial charge in [0.25, 0.3) is 5.91 Å². The highest BCUT2D eigenvalue weighted by atomic mass is 16.5. The molecule has 1 aromatic rings. The van der Waals surface area contributed by atoms with Gasteiger partial charge in [-0.25, -0.2) is 4.98 Å². The Kier molecular flexibility index (Phi) is 7.15. The normalized spacial score (nSPS) is 13.5. The maximum Gasteiger partial charge on any atom is 0.256 e. The molecule has 1 aromatic heterocycles. The number of ether oxygens (including phenoxy) is 2. The van der Waals surface area contributed by atoms with Crippen LogP contribution in [0.3, 0.4) is 0 Å². The first-order valence-corrected chi connectivity index (χ1v) is 7.60. The van der Waals surface area contributed by atoms with Gasteiger partial charge in [0.05, 0.1) is 18.5 Å². The van der Waals surface area contributed by atoms with Crippen molar-refractivity contribution >= 4 is 11.6 Å². The van der Waals surface area contributed by atoms with E-state index in [0.29, 0.717) is 31.2 Å². The molecule has 0 aliphatic carbocycles. The van der Waals surface area contributed by atoms with Crippen LogP contribution < -0.4 is 10.1 Å². The molecule has 0 aromatic carbocycles. The monoisotopic (exact) mass is 294 g/mol. The van der Waals surface area contributed by atoms with Gasteiger partial charge in [-0.05, 0) is 32.8 Å². The van der Waals surface area contributed by atoms with Gasteiger partial charge in [-0.3, -0.25) is 4.79 Å². The second-order valence-electron chi connectivity index (χ2n) is 5.10. The number of rotatable bonds is 9. The summed E-state index contributed by atoms with van der Waals surface area (Å²) < 4.78 is 11.0. The number of nitrogens with zero attached hydrogens (tertiary/aromatic N) is 1. The molecule has 0 fully saturated rings. The first-order chi connectivity index (χ1) is 10.1. The Morgan fingerprint density at radius 3 is 2.57 bits per heavy atom. The summed E-state index contributed by atoms with van der Waals surface area (Å²) in [6.07, 6.45) is 4.05. The molecule has 1 atom stereocenters. The molecule has 1 unspecified atom stereocenters. The van der Waals surface area contributed by atoms with Gasteiger partial charge < -0.3 is 14.8 Å². The fraction of sp³-hybridized carbons (Fsp3) is 0.625. The smallest absolute Gasteiger partial charge is 0.256 e. The van der Waals surface area contributed by atoms with Gasteiger partial charge in [-0.1, -0.05) is 20.3 Å². The highest BCUT2D eigenvalue weighted by Gasteiger charge is 2.33. The van der Waals surface area contributed by atoms with Gasteiger partial charge in [0, 0.05) is 12.7 Å². The van der Waals surface area contributed by atoms with E-state index in [4.69, 9.17) is 9.47 Å². The molecule has 0 radical (unpaired) electrons. The highest BCUT2D eigenvalue weighted by Crippen LogP contribution is 2.21. The van der Waals surface area contributed by atoms with Crippen LogP contribution in [0.4, 0.5) is 5.69 Å². The number of hydrogen-bond acceptors (Lipinski definition) is 4. The lowest BCUT2D eigenvalue weighted by molar-refractivity contribution is -0.140. The van der Waals surface area contributed by atoms with Gasteiger partial charge >= 0.3 is 0 Å².